The molecule has 0 spiro atoms. The number of carboxylic acid groups (broad SMARTS) is 1. The maximum Gasteiger partial charge on any atom is 0.331 e. The van der Waals surface area contributed by atoms with Gasteiger partial charge in [0.15, 0.2) is 5.54 Å². The molecule has 0 aliphatic carbocycles. The summed E-state index contributed by atoms with van der Waals surface area (Å²) in [5.74, 6) is -1.46. The highest BCUT2D eigenvalue weighted by Gasteiger charge is 2.37. The van der Waals surface area contributed by atoms with E-state index in [4.69, 9.17) is 5.73 Å². The van der Waals surface area contributed by atoms with Crippen LogP contribution in [0.15, 0.2) is 92.2 Å². The van der Waals surface area contributed by atoms with Crippen molar-refractivity contribution in [2.75, 3.05) is 0 Å². The molecule has 0 unspecified atom stereocenters. The number of carbonyl (C=O) groups is 1. The Labute approximate surface area is 222 Å². The van der Waals surface area contributed by atoms with Gasteiger partial charge in [0.05, 0.1) is 26.2 Å². The second kappa shape index (κ2) is 10.9. The molecule has 4 rings (SSSR count). The second-order valence-electron chi connectivity index (χ2n) is 9.66. The van der Waals surface area contributed by atoms with Crippen molar-refractivity contribution in [2.45, 2.75) is 45.6 Å². The van der Waals surface area contributed by atoms with Gasteiger partial charge < -0.3 is 10.8 Å². The molecular weight excluding hydrogens is 502 g/mol. The summed E-state index contributed by atoms with van der Waals surface area (Å²) < 4.78 is 4.18. The van der Waals surface area contributed by atoms with Crippen molar-refractivity contribution < 1.29 is 9.90 Å². The summed E-state index contributed by atoms with van der Waals surface area (Å²) in [6.07, 6.45) is 2.53. The molecule has 0 radical (unpaired) electrons. The van der Waals surface area contributed by atoms with Gasteiger partial charge in [-0.05, 0) is 25.0 Å². The molecule has 0 amide bonds. The standard InChI is InChI=1S/C28H29N5O6/c1-19-13-30(26(38)32(23(19)34)15-21-9-5-3-6-10-21)17-28(29,25(36)37)18-31-14-20(2)24(35)33(27(31)39)16-22-11-7-4-8-12-22/h3-14H,15-18,29H2,1-2H3,(H,36,37). The fourth-order valence-corrected chi connectivity index (χ4v) is 4.43. The molecule has 0 saturated carbocycles. The SMILES string of the molecule is Cc1cn(CC(N)(Cn2cc(C)c(=O)n(Cc3ccccc3)c2=O)C(=O)O)c(=O)n(Cc2ccccc2)c1=O. The summed E-state index contributed by atoms with van der Waals surface area (Å²) >= 11 is 0. The topological polar surface area (TPSA) is 151 Å². The van der Waals surface area contributed by atoms with Crippen molar-refractivity contribution in [1.29, 1.82) is 0 Å². The van der Waals surface area contributed by atoms with E-state index >= 15 is 0 Å². The van der Waals surface area contributed by atoms with Gasteiger partial charge in [0.1, 0.15) is 0 Å². The Morgan fingerprint density at radius 2 is 1.08 bits per heavy atom. The third kappa shape index (κ3) is 5.73. The zero-order valence-electron chi connectivity index (χ0n) is 21.6. The van der Waals surface area contributed by atoms with Crippen molar-refractivity contribution in [3.63, 3.8) is 0 Å². The number of aromatic nitrogens is 4. The van der Waals surface area contributed by atoms with E-state index in [0.29, 0.717) is 11.1 Å². The molecule has 0 atom stereocenters. The van der Waals surface area contributed by atoms with E-state index < -0.39 is 47.1 Å². The highest BCUT2D eigenvalue weighted by molar-refractivity contribution is 5.78. The Hall–Kier alpha value is -4.77. The highest BCUT2D eigenvalue weighted by atomic mass is 16.4. The van der Waals surface area contributed by atoms with Gasteiger partial charge in [-0.1, -0.05) is 60.7 Å². The number of benzene rings is 2. The van der Waals surface area contributed by atoms with Gasteiger partial charge in [0.25, 0.3) is 11.1 Å². The van der Waals surface area contributed by atoms with E-state index in [1.807, 2.05) is 12.1 Å². The summed E-state index contributed by atoms with van der Waals surface area (Å²) in [5, 5.41) is 10.1. The maximum absolute atomic E-state index is 13.3. The van der Waals surface area contributed by atoms with E-state index in [1.54, 1.807) is 48.5 Å². The van der Waals surface area contributed by atoms with E-state index in [0.717, 1.165) is 18.3 Å². The number of nitrogens with two attached hydrogens (primary N) is 1. The largest absolute Gasteiger partial charge is 0.480 e. The number of carboxylic acids is 1. The lowest BCUT2D eigenvalue weighted by Gasteiger charge is -2.27. The number of aliphatic carboxylic acids is 1. The number of hydrogen-bond acceptors (Lipinski definition) is 6. The van der Waals surface area contributed by atoms with Crippen LogP contribution in [0.5, 0.6) is 0 Å². The lowest BCUT2D eigenvalue weighted by molar-refractivity contribution is -0.144. The van der Waals surface area contributed by atoms with Crippen LogP contribution in [0.1, 0.15) is 22.3 Å². The van der Waals surface area contributed by atoms with Crippen LogP contribution < -0.4 is 28.2 Å². The van der Waals surface area contributed by atoms with Crippen LogP contribution in [0, 0.1) is 13.8 Å². The van der Waals surface area contributed by atoms with E-state index in [1.165, 1.54) is 26.2 Å². The predicted octanol–water partition coefficient (Wildman–Crippen LogP) is 0.529. The number of aryl methyl sites for hydroxylation is 2. The average Bonchev–Trinajstić information content (AvgIpc) is 2.92. The van der Waals surface area contributed by atoms with Crippen molar-refractivity contribution in [3.05, 3.63) is 137 Å². The Kier molecular flexibility index (Phi) is 7.63. The van der Waals surface area contributed by atoms with Crippen LogP contribution in [0.25, 0.3) is 0 Å². The Bertz CT molecular complexity index is 1630. The Morgan fingerprint density at radius 1 is 0.718 bits per heavy atom. The van der Waals surface area contributed by atoms with E-state index in [-0.39, 0.29) is 24.2 Å². The zero-order valence-corrected chi connectivity index (χ0v) is 21.6. The zero-order chi connectivity index (χ0) is 28.3. The van der Waals surface area contributed by atoms with Gasteiger partial charge in [0.2, 0.25) is 0 Å². The molecule has 0 saturated heterocycles. The summed E-state index contributed by atoms with van der Waals surface area (Å²) in [5.41, 5.74) is 3.61. The third-order valence-electron chi connectivity index (χ3n) is 6.52. The van der Waals surface area contributed by atoms with Gasteiger partial charge in [0, 0.05) is 23.5 Å². The number of hydrogen-bond donors (Lipinski definition) is 2. The molecule has 0 bridgehead atoms. The summed E-state index contributed by atoms with van der Waals surface area (Å²) in [7, 11) is 0. The molecule has 202 valence electrons. The van der Waals surface area contributed by atoms with Gasteiger partial charge in [-0.15, -0.1) is 0 Å². The molecule has 2 aromatic heterocycles. The third-order valence-corrected chi connectivity index (χ3v) is 6.52. The van der Waals surface area contributed by atoms with Crippen molar-refractivity contribution in [2.24, 2.45) is 5.73 Å². The number of rotatable bonds is 9. The quantitative estimate of drug-likeness (QED) is 0.320. The van der Waals surface area contributed by atoms with Crippen LogP contribution in [-0.4, -0.2) is 34.9 Å². The van der Waals surface area contributed by atoms with Crippen LogP contribution in [0.2, 0.25) is 0 Å². The van der Waals surface area contributed by atoms with Crippen molar-refractivity contribution in [1.82, 2.24) is 18.3 Å². The average molecular weight is 532 g/mol. The van der Waals surface area contributed by atoms with Crippen LogP contribution >= 0.6 is 0 Å². The normalized spacial score (nSPS) is 11.5. The van der Waals surface area contributed by atoms with Gasteiger partial charge in [-0.25, -0.2) is 9.59 Å². The van der Waals surface area contributed by atoms with Crippen LogP contribution in [0.3, 0.4) is 0 Å². The molecule has 3 N–H and O–H groups in total. The van der Waals surface area contributed by atoms with Crippen molar-refractivity contribution in [3.8, 4) is 0 Å². The minimum absolute atomic E-state index is 0.00602. The molecule has 2 heterocycles. The minimum atomic E-state index is -2.13. The first kappa shape index (κ1) is 27.3. The lowest BCUT2D eigenvalue weighted by Crippen LogP contribution is -2.58. The first-order chi connectivity index (χ1) is 18.5. The van der Waals surface area contributed by atoms with Gasteiger partial charge in [-0.2, -0.15) is 0 Å². The maximum atomic E-state index is 13.3. The molecule has 11 nitrogen and oxygen atoms in total. The molecule has 0 fully saturated rings. The minimum Gasteiger partial charge on any atom is -0.480 e. The number of nitrogens with zero attached hydrogens (tertiary/aromatic N) is 4. The van der Waals surface area contributed by atoms with E-state index in [9.17, 15) is 29.1 Å². The van der Waals surface area contributed by atoms with E-state index in [2.05, 4.69) is 0 Å². The fourth-order valence-electron chi connectivity index (χ4n) is 4.43. The summed E-state index contributed by atoms with van der Waals surface area (Å²) in [4.78, 5) is 64.5. The molecular formula is C28H29N5O6. The van der Waals surface area contributed by atoms with Crippen LogP contribution in [-0.2, 0) is 31.0 Å². The second-order valence-corrected chi connectivity index (χ2v) is 9.66. The first-order valence-corrected chi connectivity index (χ1v) is 12.2. The molecule has 0 aliphatic rings. The van der Waals surface area contributed by atoms with Crippen LogP contribution in [0.4, 0.5) is 0 Å². The highest BCUT2D eigenvalue weighted by Crippen LogP contribution is 2.09. The lowest BCUT2D eigenvalue weighted by atomic mass is 10.0. The molecule has 11 heteroatoms. The van der Waals surface area contributed by atoms with Crippen molar-refractivity contribution >= 4 is 5.97 Å². The fraction of sp³-hybridized carbons (Fsp3) is 0.250. The predicted molar refractivity (Wildman–Crippen MR) is 145 cm³/mol. The summed E-state index contributed by atoms with van der Waals surface area (Å²) in [6, 6.07) is 17.8. The smallest absolute Gasteiger partial charge is 0.331 e. The molecule has 2 aromatic carbocycles. The molecule has 4 aromatic rings. The van der Waals surface area contributed by atoms with Gasteiger partial charge >= 0.3 is 17.3 Å². The molecule has 0 aliphatic heterocycles. The Balaban J connectivity index is 1.74. The Morgan fingerprint density at radius 3 is 1.41 bits per heavy atom. The van der Waals surface area contributed by atoms with Gasteiger partial charge in [-0.3, -0.25) is 32.7 Å². The molecule has 39 heavy (non-hydrogen) atoms. The summed E-state index contributed by atoms with van der Waals surface area (Å²) in [6.45, 7) is 1.97. The monoisotopic (exact) mass is 531 g/mol. The first-order valence-electron chi connectivity index (χ1n) is 12.2.